The molecule has 0 bridgehead atoms. The van der Waals surface area contributed by atoms with Crippen LogP contribution in [0.25, 0.3) is 5.82 Å². The average molecular weight is 435 g/mol. The van der Waals surface area contributed by atoms with Crippen molar-refractivity contribution in [2.24, 2.45) is 5.92 Å². The number of carbonyl (C=O) groups excluding carboxylic acids is 2. The minimum Gasteiger partial charge on any atom is -0.497 e. The highest BCUT2D eigenvalue weighted by Gasteiger charge is 2.35. The predicted molar refractivity (Wildman–Crippen MR) is 119 cm³/mol. The molecule has 2 aromatic heterocycles. The summed E-state index contributed by atoms with van der Waals surface area (Å²) in [5, 5.41) is 6.08. The van der Waals surface area contributed by atoms with E-state index in [4.69, 9.17) is 4.74 Å². The molecule has 3 heterocycles. The lowest BCUT2D eigenvalue weighted by atomic mass is 10.1. The van der Waals surface area contributed by atoms with Crippen molar-refractivity contribution < 1.29 is 14.3 Å². The lowest BCUT2D eigenvalue weighted by Crippen LogP contribution is -2.35. The SMILES string of the molecule is COc1cccc(N2C[C@@H](C(=O)NCCNc3cc(-n4ccnc4C)ncn3)CC2=O)c1. The number of aromatic nitrogens is 4. The maximum Gasteiger partial charge on any atom is 0.227 e. The number of nitrogens with one attached hydrogen (secondary N) is 2. The summed E-state index contributed by atoms with van der Waals surface area (Å²) in [5.74, 6) is 2.27. The largest absolute Gasteiger partial charge is 0.497 e. The van der Waals surface area contributed by atoms with Gasteiger partial charge in [0.2, 0.25) is 11.8 Å². The smallest absolute Gasteiger partial charge is 0.227 e. The molecular formula is C22H25N7O3. The van der Waals surface area contributed by atoms with E-state index in [-0.39, 0.29) is 24.2 Å². The van der Waals surface area contributed by atoms with Gasteiger partial charge in [0.1, 0.15) is 29.5 Å². The van der Waals surface area contributed by atoms with Crippen molar-refractivity contribution >= 4 is 23.3 Å². The third-order valence-electron chi connectivity index (χ3n) is 5.32. The molecule has 166 valence electrons. The molecule has 1 aliphatic heterocycles. The van der Waals surface area contributed by atoms with Crippen LogP contribution in [0.4, 0.5) is 11.5 Å². The molecule has 2 amide bonds. The number of amides is 2. The second kappa shape index (κ2) is 9.46. The standard InChI is InChI=1S/C22H25N7O3/c1-15-23-8-9-28(15)20-12-19(26-14-27-20)24-6-7-25-22(31)16-10-21(30)29(13-16)17-4-3-5-18(11-17)32-2/h3-5,8-9,11-12,14,16H,6-7,10,13H2,1-2H3,(H,25,31)(H,24,26,27)/t16-/m0/s1. The number of anilines is 2. The fourth-order valence-corrected chi connectivity index (χ4v) is 3.63. The van der Waals surface area contributed by atoms with Crippen molar-refractivity contribution in [2.75, 3.05) is 37.0 Å². The number of benzene rings is 1. The highest BCUT2D eigenvalue weighted by molar-refractivity contribution is 6.00. The molecule has 1 fully saturated rings. The number of carbonyl (C=O) groups is 2. The average Bonchev–Trinajstić information content (AvgIpc) is 3.42. The fourth-order valence-electron chi connectivity index (χ4n) is 3.63. The summed E-state index contributed by atoms with van der Waals surface area (Å²) in [6.45, 7) is 3.15. The number of rotatable bonds is 8. The van der Waals surface area contributed by atoms with Gasteiger partial charge in [-0.1, -0.05) is 6.07 Å². The Morgan fingerprint density at radius 2 is 2.09 bits per heavy atom. The van der Waals surface area contributed by atoms with Crippen LogP contribution in [0.5, 0.6) is 5.75 Å². The Bertz CT molecular complexity index is 1110. The number of nitrogens with zero attached hydrogens (tertiary/aromatic N) is 5. The van der Waals surface area contributed by atoms with E-state index in [1.165, 1.54) is 6.33 Å². The molecule has 0 spiro atoms. The lowest BCUT2D eigenvalue weighted by Gasteiger charge is -2.17. The Balaban J connectivity index is 1.27. The molecule has 1 atom stereocenters. The van der Waals surface area contributed by atoms with E-state index in [1.54, 1.807) is 24.3 Å². The van der Waals surface area contributed by atoms with Gasteiger partial charge in [-0.15, -0.1) is 0 Å². The highest BCUT2D eigenvalue weighted by Crippen LogP contribution is 2.27. The van der Waals surface area contributed by atoms with E-state index in [2.05, 4.69) is 25.6 Å². The van der Waals surface area contributed by atoms with Gasteiger partial charge in [-0.25, -0.2) is 15.0 Å². The summed E-state index contributed by atoms with van der Waals surface area (Å²) in [4.78, 5) is 39.3. The molecule has 0 unspecified atom stereocenters. The number of hydrogen-bond acceptors (Lipinski definition) is 7. The van der Waals surface area contributed by atoms with Crippen LogP contribution in [0.1, 0.15) is 12.2 Å². The maximum atomic E-state index is 12.6. The lowest BCUT2D eigenvalue weighted by molar-refractivity contribution is -0.126. The molecule has 0 aliphatic carbocycles. The molecule has 32 heavy (non-hydrogen) atoms. The summed E-state index contributed by atoms with van der Waals surface area (Å²) in [6, 6.07) is 9.10. The molecular weight excluding hydrogens is 410 g/mol. The van der Waals surface area contributed by atoms with Gasteiger partial charge in [-0.05, 0) is 19.1 Å². The minimum atomic E-state index is -0.386. The van der Waals surface area contributed by atoms with Crippen molar-refractivity contribution in [1.82, 2.24) is 24.8 Å². The third-order valence-corrected chi connectivity index (χ3v) is 5.32. The van der Waals surface area contributed by atoms with Gasteiger partial charge in [0, 0.05) is 56.3 Å². The van der Waals surface area contributed by atoms with E-state index in [0.29, 0.717) is 37.0 Å². The van der Waals surface area contributed by atoms with Gasteiger partial charge in [-0.3, -0.25) is 14.2 Å². The Morgan fingerprint density at radius 3 is 2.88 bits per heavy atom. The summed E-state index contributed by atoms with van der Waals surface area (Å²) < 4.78 is 7.08. The van der Waals surface area contributed by atoms with E-state index < -0.39 is 0 Å². The zero-order valence-corrected chi connectivity index (χ0v) is 18.0. The molecule has 0 radical (unpaired) electrons. The van der Waals surface area contributed by atoms with Crippen LogP contribution in [-0.2, 0) is 9.59 Å². The first-order chi connectivity index (χ1) is 15.5. The molecule has 10 heteroatoms. The van der Waals surface area contributed by atoms with E-state index >= 15 is 0 Å². The van der Waals surface area contributed by atoms with Crippen molar-refractivity contribution in [2.45, 2.75) is 13.3 Å². The summed E-state index contributed by atoms with van der Waals surface area (Å²) >= 11 is 0. The van der Waals surface area contributed by atoms with Crippen molar-refractivity contribution in [1.29, 1.82) is 0 Å². The monoisotopic (exact) mass is 435 g/mol. The van der Waals surface area contributed by atoms with Crippen LogP contribution in [0, 0.1) is 12.8 Å². The molecule has 1 saturated heterocycles. The van der Waals surface area contributed by atoms with Crippen LogP contribution in [0.3, 0.4) is 0 Å². The molecule has 10 nitrogen and oxygen atoms in total. The summed E-state index contributed by atoms with van der Waals surface area (Å²) in [5.41, 5.74) is 0.735. The topological polar surface area (TPSA) is 114 Å². The molecule has 0 saturated carbocycles. The number of ether oxygens (including phenoxy) is 1. The first-order valence-corrected chi connectivity index (χ1v) is 10.3. The summed E-state index contributed by atoms with van der Waals surface area (Å²) in [7, 11) is 1.58. The second-order valence-corrected chi connectivity index (χ2v) is 7.43. The Kier molecular flexibility index (Phi) is 6.29. The van der Waals surface area contributed by atoms with Gasteiger partial charge in [-0.2, -0.15) is 0 Å². The van der Waals surface area contributed by atoms with Gasteiger partial charge in [0.15, 0.2) is 0 Å². The van der Waals surface area contributed by atoms with Crippen LogP contribution in [0.2, 0.25) is 0 Å². The van der Waals surface area contributed by atoms with Crippen LogP contribution < -0.4 is 20.3 Å². The number of imidazole rings is 1. The summed E-state index contributed by atoms with van der Waals surface area (Å²) in [6.07, 6.45) is 5.21. The third kappa shape index (κ3) is 4.69. The quantitative estimate of drug-likeness (QED) is 0.516. The molecule has 2 N–H and O–H groups in total. The van der Waals surface area contributed by atoms with Crippen LogP contribution in [0.15, 0.2) is 49.1 Å². The van der Waals surface area contributed by atoms with E-state index in [0.717, 1.165) is 11.5 Å². The van der Waals surface area contributed by atoms with Crippen LogP contribution >= 0.6 is 0 Å². The number of methoxy groups -OCH3 is 1. The first-order valence-electron chi connectivity index (χ1n) is 10.3. The van der Waals surface area contributed by atoms with Gasteiger partial charge < -0.3 is 20.3 Å². The number of hydrogen-bond donors (Lipinski definition) is 2. The van der Waals surface area contributed by atoms with Gasteiger partial charge in [0.05, 0.1) is 13.0 Å². The molecule has 1 aliphatic rings. The Morgan fingerprint density at radius 1 is 1.22 bits per heavy atom. The zero-order valence-electron chi connectivity index (χ0n) is 18.0. The van der Waals surface area contributed by atoms with Crippen molar-refractivity contribution in [3.05, 3.63) is 54.9 Å². The van der Waals surface area contributed by atoms with E-state index in [9.17, 15) is 9.59 Å². The van der Waals surface area contributed by atoms with Gasteiger partial charge in [0.25, 0.3) is 0 Å². The van der Waals surface area contributed by atoms with E-state index in [1.807, 2.05) is 42.0 Å². The molecule has 3 aromatic rings. The minimum absolute atomic E-state index is 0.0696. The highest BCUT2D eigenvalue weighted by atomic mass is 16.5. The second-order valence-electron chi connectivity index (χ2n) is 7.43. The molecule has 4 rings (SSSR count). The Labute approximate surface area is 185 Å². The Hall–Kier alpha value is -3.95. The predicted octanol–water partition coefficient (Wildman–Crippen LogP) is 1.56. The van der Waals surface area contributed by atoms with Crippen molar-refractivity contribution in [3.63, 3.8) is 0 Å². The molecule has 1 aromatic carbocycles. The van der Waals surface area contributed by atoms with Gasteiger partial charge >= 0.3 is 0 Å². The fraction of sp³-hybridized carbons (Fsp3) is 0.318. The van der Waals surface area contributed by atoms with Crippen LogP contribution in [-0.4, -0.2) is 58.1 Å². The zero-order chi connectivity index (χ0) is 22.5. The number of aryl methyl sites for hydroxylation is 1. The normalized spacial score (nSPS) is 15.6. The first kappa shape index (κ1) is 21.3. The maximum absolute atomic E-state index is 12.6. The van der Waals surface area contributed by atoms with Crippen molar-refractivity contribution in [3.8, 4) is 11.6 Å².